The van der Waals surface area contributed by atoms with Gasteiger partial charge in [-0.25, -0.2) is 9.80 Å². The van der Waals surface area contributed by atoms with Crippen LogP contribution in [0, 0.1) is 0 Å². The third-order valence-electron chi connectivity index (χ3n) is 6.94. The van der Waals surface area contributed by atoms with Gasteiger partial charge in [-0.3, -0.25) is 14.5 Å². The molecular formula is C28H34N4O4. The second-order valence-electron chi connectivity index (χ2n) is 9.61. The summed E-state index contributed by atoms with van der Waals surface area (Å²) in [4.78, 5) is 40.4. The number of nitrogens with one attached hydrogen (secondary N) is 1. The Morgan fingerprint density at radius 2 is 1.81 bits per heavy atom. The van der Waals surface area contributed by atoms with Crippen LogP contribution in [0.1, 0.15) is 69.5 Å². The lowest BCUT2D eigenvalue weighted by Gasteiger charge is -2.25. The van der Waals surface area contributed by atoms with Crippen LogP contribution in [0.2, 0.25) is 0 Å². The molecule has 0 radical (unpaired) electrons. The van der Waals surface area contributed by atoms with Crippen LogP contribution < -0.4 is 10.1 Å². The molecule has 2 aromatic carbocycles. The molecule has 0 aliphatic carbocycles. The van der Waals surface area contributed by atoms with E-state index in [-0.39, 0.29) is 18.5 Å². The van der Waals surface area contributed by atoms with Gasteiger partial charge in [-0.15, -0.1) is 0 Å². The molecule has 2 unspecified atom stereocenters. The largest absolute Gasteiger partial charge is 0.497 e. The molecule has 0 aromatic heterocycles. The lowest BCUT2D eigenvalue weighted by Crippen LogP contribution is -2.45. The van der Waals surface area contributed by atoms with Gasteiger partial charge in [-0.2, -0.15) is 5.10 Å². The number of methoxy groups -OCH3 is 1. The standard InChI is InChI=1S/C28H34N4O4/c1-4-5-6-10-17-28(2)26(34)31(27(35)29-28)19-25(33)32-24(21-13-15-22(36-3)16-14-21)18-23(30-32)20-11-8-7-9-12-20/h7-9,11-16,24H,4-6,10,17-19H2,1-3H3,(H,29,35). The molecule has 2 aliphatic rings. The summed E-state index contributed by atoms with van der Waals surface area (Å²) >= 11 is 0. The van der Waals surface area contributed by atoms with E-state index in [2.05, 4.69) is 17.3 Å². The smallest absolute Gasteiger partial charge is 0.325 e. The first-order valence-corrected chi connectivity index (χ1v) is 12.6. The molecule has 190 valence electrons. The van der Waals surface area contributed by atoms with Crippen LogP contribution in [0.15, 0.2) is 59.7 Å². The molecule has 1 fully saturated rings. The molecule has 1 saturated heterocycles. The number of ether oxygens (including phenoxy) is 1. The normalized spacial score (nSPS) is 21.5. The SMILES string of the molecule is CCCCCCC1(C)NC(=O)N(CC(=O)N2N=C(c3ccccc3)CC2c2ccc(OC)cc2)C1=O. The fourth-order valence-electron chi connectivity index (χ4n) is 4.80. The van der Waals surface area contributed by atoms with Gasteiger partial charge >= 0.3 is 6.03 Å². The Kier molecular flexibility index (Phi) is 7.72. The molecule has 2 atom stereocenters. The minimum atomic E-state index is -0.982. The molecule has 8 nitrogen and oxygen atoms in total. The summed E-state index contributed by atoms with van der Waals surface area (Å²) < 4.78 is 5.27. The first-order chi connectivity index (χ1) is 17.4. The Balaban J connectivity index is 1.54. The van der Waals surface area contributed by atoms with Crippen molar-refractivity contribution in [3.8, 4) is 5.75 Å². The van der Waals surface area contributed by atoms with Crippen molar-refractivity contribution in [3.05, 3.63) is 65.7 Å². The van der Waals surface area contributed by atoms with E-state index in [1.54, 1.807) is 14.0 Å². The number of rotatable bonds is 10. The predicted octanol–water partition coefficient (Wildman–Crippen LogP) is 4.65. The maximum Gasteiger partial charge on any atom is 0.325 e. The van der Waals surface area contributed by atoms with E-state index >= 15 is 0 Å². The Bertz CT molecular complexity index is 1130. The number of benzene rings is 2. The number of hydrazone groups is 1. The van der Waals surface area contributed by atoms with Crippen LogP contribution in [0.5, 0.6) is 5.75 Å². The molecule has 4 amide bonds. The molecule has 0 bridgehead atoms. The zero-order chi connectivity index (χ0) is 25.7. The van der Waals surface area contributed by atoms with Crippen LogP contribution in [0.25, 0.3) is 0 Å². The van der Waals surface area contributed by atoms with Gasteiger partial charge in [-0.05, 0) is 36.6 Å². The molecular weight excluding hydrogens is 456 g/mol. The second-order valence-corrected chi connectivity index (χ2v) is 9.61. The Morgan fingerprint density at radius 3 is 2.47 bits per heavy atom. The molecule has 4 rings (SSSR count). The van der Waals surface area contributed by atoms with E-state index in [4.69, 9.17) is 4.74 Å². The van der Waals surface area contributed by atoms with Crippen molar-refractivity contribution >= 4 is 23.6 Å². The average Bonchev–Trinajstić information content (AvgIpc) is 3.43. The average molecular weight is 491 g/mol. The van der Waals surface area contributed by atoms with Gasteiger partial charge in [0.1, 0.15) is 17.8 Å². The maximum absolute atomic E-state index is 13.5. The summed E-state index contributed by atoms with van der Waals surface area (Å²) in [6.07, 6.45) is 5.10. The monoisotopic (exact) mass is 490 g/mol. The summed E-state index contributed by atoms with van der Waals surface area (Å²) in [5.41, 5.74) is 1.63. The van der Waals surface area contributed by atoms with E-state index in [9.17, 15) is 14.4 Å². The summed E-state index contributed by atoms with van der Waals surface area (Å²) in [5, 5.41) is 8.89. The highest BCUT2D eigenvalue weighted by Gasteiger charge is 2.48. The molecule has 36 heavy (non-hydrogen) atoms. The van der Waals surface area contributed by atoms with Crippen LogP contribution >= 0.6 is 0 Å². The zero-order valence-corrected chi connectivity index (χ0v) is 21.2. The molecule has 0 saturated carbocycles. The Hall–Kier alpha value is -3.68. The number of unbranched alkanes of at least 4 members (excludes halogenated alkanes) is 3. The maximum atomic E-state index is 13.5. The van der Waals surface area contributed by atoms with Crippen LogP contribution in [0.3, 0.4) is 0 Å². The van der Waals surface area contributed by atoms with Crippen LogP contribution in [-0.4, -0.2) is 52.7 Å². The van der Waals surface area contributed by atoms with Crippen molar-refractivity contribution < 1.29 is 19.1 Å². The van der Waals surface area contributed by atoms with Crippen LogP contribution in [-0.2, 0) is 9.59 Å². The lowest BCUT2D eigenvalue weighted by atomic mass is 9.94. The van der Waals surface area contributed by atoms with Crippen molar-refractivity contribution in [2.24, 2.45) is 5.10 Å². The van der Waals surface area contributed by atoms with Crippen molar-refractivity contribution in [3.63, 3.8) is 0 Å². The van der Waals surface area contributed by atoms with Crippen LogP contribution in [0.4, 0.5) is 4.79 Å². The molecule has 2 aliphatic heterocycles. The summed E-state index contributed by atoms with van der Waals surface area (Å²) in [5.74, 6) is -0.0401. The number of nitrogens with zero attached hydrogens (tertiary/aromatic N) is 3. The molecule has 8 heteroatoms. The molecule has 1 N–H and O–H groups in total. The van der Waals surface area contributed by atoms with Gasteiger partial charge < -0.3 is 10.1 Å². The van der Waals surface area contributed by atoms with Gasteiger partial charge in [0.15, 0.2) is 0 Å². The van der Waals surface area contributed by atoms with Gasteiger partial charge in [0.25, 0.3) is 11.8 Å². The van der Waals surface area contributed by atoms with E-state index in [0.29, 0.717) is 12.8 Å². The van der Waals surface area contributed by atoms with Crippen molar-refractivity contribution in [1.29, 1.82) is 0 Å². The Morgan fingerprint density at radius 1 is 1.08 bits per heavy atom. The summed E-state index contributed by atoms with van der Waals surface area (Å²) in [7, 11) is 1.60. The molecule has 0 spiro atoms. The first kappa shape index (κ1) is 25.4. The number of hydrogen-bond donors (Lipinski definition) is 1. The summed E-state index contributed by atoms with van der Waals surface area (Å²) in [6.45, 7) is 3.51. The third kappa shape index (κ3) is 5.27. The third-order valence-corrected chi connectivity index (χ3v) is 6.94. The van der Waals surface area contributed by atoms with E-state index in [0.717, 1.165) is 53.2 Å². The summed E-state index contributed by atoms with van der Waals surface area (Å²) in [6, 6.07) is 16.3. The minimum absolute atomic E-state index is 0.347. The highest BCUT2D eigenvalue weighted by molar-refractivity contribution is 6.09. The number of carbonyl (C=O) groups excluding carboxylic acids is 3. The van der Waals surface area contributed by atoms with E-state index in [1.165, 1.54) is 5.01 Å². The van der Waals surface area contributed by atoms with E-state index < -0.39 is 17.5 Å². The van der Waals surface area contributed by atoms with Crippen molar-refractivity contribution in [2.45, 2.75) is 64.0 Å². The fraction of sp³-hybridized carbons (Fsp3) is 0.429. The number of carbonyl (C=O) groups is 3. The highest BCUT2D eigenvalue weighted by atomic mass is 16.5. The minimum Gasteiger partial charge on any atom is -0.497 e. The Labute approximate surface area is 212 Å². The second kappa shape index (κ2) is 10.9. The van der Waals surface area contributed by atoms with Gasteiger partial charge in [0.05, 0.1) is 18.9 Å². The molecule has 2 aromatic rings. The number of urea groups is 1. The highest BCUT2D eigenvalue weighted by Crippen LogP contribution is 2.34. The lowest BCUT2D eigenvalue weighted by molar-refractivity contribution is -0.139. The van der Waals surface area contributed by atoms with Gasteiger partial charge in [0, 0.05) is 6.42 Å². The number of hydrogen-bond acceptors (Lipinski definition) is 5. The van der Waals surface area contributed by atoms with E-state index in [1.807, 2.05) is 54.6 Å². The predicted molar refractivity (Wildman–Crippen MR) is 138 cm³/mol. The first-order valence-electron chi connectivity index (χ1n) is 12.6. The zero-order valence-electron chi connectivity index (χ0n) is 21.2. The van der Waals surface area contributed by atoms with Crippen molar-refractivity contribution in [2.75, 3.05) is 13.7 Å². The quantitative estimate of drug-likeness (QED) is 0.388. The van der Waals surface area contributed by atoms with Crippen molar-refractivity contribution in [1.82, 2.24) is 15.2 Å². The van der Waals surface area contributed by atoms with Gasteiger partial charge in [0.2, 0.25) is 0 Å². The van der Waals surface area contributed by atoms with Gasteiger partial charge in [-0.1, -0.05) is 75.1 Å². The fourth-order valence-corrected chi connectivity index (χ4v) is 4.80. The number of amides is 4. The number of imide groups is 1. The molecule has 2 heterocycles. The topological polar surface area (TPSA) is 91.3 Å².